The summed E-state index contributed by atoms with van der Waals surface area (Å²) in [5, 5.41) is 0. The molecule has 0 saturated carbocycles. The largest absolute Gasteiger partial charge is 0.511 e. The zero-order valence-corrected chi connectivity index (χ0v) is 13.9. The van der Waals surface area contributed by atoms with E-state index in [-0.39, 0.29) is 33.0 Å². The van der Waals surface area contributed by atoms with Crippen LogP contribution < -0.4 is 0 Å². The number of hydrogen-bond donors (Lipinski definition) is 1. The number of furan rings is 1. The van der Waals surface area contributed by atoms with E-state index in [9.17, 15) is 9.59 Å². The highest BCUT2D eigenvalue weighted by Gasteiger charge is 2.27. The quantitative estimate of drug-likeness (QED) is 0.644. The molecule has 1 aliphatic heterocycles. The number of carbonyl (C=O) groups is 2. The number of hydrogen-bond acceptors (Lipinski definition) is 8. The van der Waals surface area contributed by atoms with E-state index >= 15 is 0 Å². The molecule has 2 aromatic heterocycles. The molecule has 1 atom stereocenters. The van der Waals surface area contributed by atoms with Gasteiger partial charge in [-0.2, -0.15) is 0 Å². The number of rotatable bonds is 5. The second-order valence-corrected chi connectivity index (χ2v) is 5.87. The van der Waals surface area contributed by atoms with Crippen molar-refractivity contribution in [3.63, 3.8) is 0 Å². The summed E-state index contributed by atoms with van der Waals surface area (Å²) in [5.74, 6) is -0.935. The lowest BCUT2D eigenvalue weighted by atomic mass is 10.2. The number of ether oxygens (including phenoxy) is 5. The highest BCUT2D eigenvalue weighted by molar-refractivity contribution is 5.93. The van der Waals surface area contributed by atoms with Crippen LogP contribution in [-0.2, 0) is 23.7 Å². The van der Waals surface area contributed by atoms with Crippen LogP contribution in [0, 0.1) is 5.92 Å². The summed E-state index contributed by atoms with van der Waals surface area (Å²) < 4.78 is 30.7. The average molecular weight is 355 g/mol. The van der Waals surface area contributed by atoms with Gasteiger partial charge in [0.1, 0.15) is 12.5 Å². The van der Waals surface area contributed by atoms with Gasteiger partial charge in [0.05, 0.1) is 25.0 Å². The van der Waals surface area contributed by atoms with Crippen LogP contribution in [0.4, 0.5) is 4.79 Å². The molecule has 3 rings (SSSR count). The van der Waals surface area contributed by atoms with Crippen LogP contribution in [0.15, 0.2) is 22.8 Å². The average Bonchev–Trinajstić information content (AvgIpc) is 3.16. The number of fused-ring (bicyclic) bond motifs is 1. The van der Waals surface area contributed by atoms with Gasteiger partial charge in [0.2, 0.25) is 0 Å². The van der Waals surface area contributed by atoms with Gasteiger partial charge in [0.25, 0.3) is 6.29 Å². The molecule has 1 fully saturated rings. The van der Waals surface area contributed by atoms with E-state index in [4.69, 9.17) is 28.1 Å². The summed E-state index contributed by atoms with van der Waals surface area (Å²) in [6.45, 7) is 4.11. The van der Waals surface area contributed by atoms with E-state index in [2.05, 4.69) is 4.98 Å². The first-order valence-electron chi connectivity index (χ1n) is 7.83. The Kier molecular flexibility index (Phi) is 5.25. The fourth-order valence-electron chi connectivity index (χ4n) is 2.22. The van der Waals surface area contributed by atoms with Gasteiger partial charge >= 0.3 is 12.1 Å². The predicted molar refractivity (Wildman–Crippen MR) is 84.8 cm³/mol. The third kappa shape index (κ3) is 4.31. The van der Waals surface area contributed by atoms with E-state index in [1.165, 1.54) is 12.3 Å². The molecular weight excluding hydrogens is 334 g/mol. The Morgan fingerprint density at radius 1 is 1.28 bits per heavy atom. The molecule has 2 aromatic rings. The molecular formula is C16H21NO8. The second kappa shape index (κ2) is 7.58. The molecule has 1 N–H and O–H groups in total. The topological polar surface area (TPSA) is 109 Å². The molecule has 0 amide bonds. The summed E-state index contributed by atoms with van der Waals surface area (Å²) in [6, 6.07) is 3.21. The summed E-state index contributed by atoms with van der Waals surface area (Å²) in [6.07, 6.45) is -1.10. The van der Waals surface area contributed by atoms with Crippen molar-refractivity contribution in [3.05, 3.63) is 24.1 Å². The van der Waals surface area contributed by atoms with Gasteiger partial charge in [0, 0.05) is 19.5 Å². The van der Waals surface area contributed by atoms with E-state index in [1.54, 1.807) is 19.9 Å². The Labute approximate surface area is 144 Å². The fourth-order valence-corrected chi connectivity index (χ4v) is 2.22. The van der Waals surface area contributed by atoms with Crippen molar-refractivity contribution in [2.24, 2.45) is 5.92 Å². The maximum atomic E-state index is 12.2. The van der Waals surface area contributed by atoms with E-state index < -0.39 is 24.5 Å². The Morgan fingerprint density at radius 2 is 2.04 bits per heavy atom. The smallest absolute Gasteiger partial charge is 0.463 e. The molecule has 9 nitrogen and oxygen atoms in total. The van der Waals surface area contributed by atoms with Gasteiger partial charge in [0.15, 0.2) is 11.7 Å². The lowest BCUT2D eigenvalue weighted by Crippen LogP contribution is -2.36. The number of nitrogens with one attached hydrogen (secondary N) is 1. The Hall–Kier alpha value is -2.52. The molecule has 0 bridgehead atoms. The zero-order chi connectivity index (χ0) is 17.8. The summed E-state index contributed by atoms with van der Waals surface area (Å²) in [4.78, 5) is 27.0. The number of carbonyl (C=O) groups excluding carboxylic acids is 2. The minimum Gasteiger partial charge on any atom is -0.463 e. The molecule has 1 aliphatic rings. The maximum Gasteiger partial charge on any atom is 0.511 e. The lowest BCUT2D eigenvalue weighted by Gasteiger charge is -2.24. The van der Waals surface area contributed by atoms with Crippen molar-refractivity contribution in [1.82, 2.24) is 4.98 Å². The number of esters is 1. The minimum absolute atomic E-state index is 0. The molecule has 9 heteroatoms. The molecule has 0 aliphatic carbocycles. The number of aromatic amines is 1. The first kappa shape index (κ1) is 17.3. The van der Waals surface area contributed by atoms with Crippen LogP contribution in [0.1, 0.15) is 25.8 Å². The molecule has 25 heavy (non-hydrogen) atoms. The van der Waals surface area contributed by atoms with E-state index in [0.29, 0.717) is 11.1 Å². The van der Waals surface area contributed by atoms with Crippen LogP contribution in [0.2, 0.25) is 0 Å². The van der Waals surface area contributed by atoms with Crippen molar-refractivity contribution in [1.29, 1.82) is 0 Å². The van der Waals surface area contributed by atoms with Gasteiger partial charge in [-0.1, -0.05) is 13.8 Å². The van der Waals surface area contributed by atoms with Crippen LogP contribution in [0.3, 0.4) is 0 Å². The standard InChI is InChI=1S/C16H19NO8.H2/c1-9(2)15(25-16(19)23-10-6-20-8-21-7-10)24-14(18)12-5-13-11(17-12)3-4-22-13;/h3-5,9-10,15,17H,6-8H2,1-2H3;1H. The van der Waals surface area contributed by atoms with Gasteiger partial charge in [-0.05, 0) is 0 Å². The lowest BCUT2D eigenvalue weighted by molar-refractivity contribution is -0.171. The van der Waals surface area contributed by atoms with Crippen molar-refractivity contribution in [3.8, 4) is 0 Å². The monoisotopic (exact) mass is 355 g/mol. The second-order valence-electron chi connectivity index (χ2n) is 5.87. The fraction of sp³-hybridized carbons (Fsp3) is 0.500. The molecule has 1 unspecified atom stereocenters. The molecule has 0 spiro atoms. The highest BCUT2D eigenvalue weighted by atomic mass is 16.8. The molecule has 0 aromatic carbocycles. The summed E-state index contributed by atoms with van der Waals surface area (Å²) >= 11 is 0. The SMILES string of the molecule is CC(C)C(OC(=O)OC1COCOC1)OC(=O)c1cc2occc2[nH]1.[HH]. The Morgan fingerprint density at radius 3 is 2.72 bits per heavy atom. The minimum atomic E-state index is -1.10. The number of aromatic nitrogens is 1. The van der Waals surface area contributed by atoms with Gasteiger partial charge < -0.3 is 33.1 Å². The van der Waals surface area contributed by atoms with Crippen molar-refractivity contribution < 1.29 is 39.1 Å². The zero-order valence-electron chi connectivity index (χ0n) is 13.9. The van der Waals surface area contributed by atoms with E-state index in [1.807, 2.05) is 0 Å². The maximum absolute atomic E-state index is 12.2. The third-order valence-corrected chi connectivity index (χ3v) is 3.48. The molecule has 138 valence electrons. The molecule has 3 heterocycles. The molecule has 1 saturated heterocycles. The Balaban J connectivity index is 0.00000243. The van der Waals surface area contributed by atoms with E-state index in [0.717, 1.165) is 0 Å². The summed E-state index contributed by atoms with van der Waals surface area (Å²) in [5.41, 5.74) is 1.40. The Bertz CT molecular complexity index is 705. The first-order valence-corrected chi connectivity index (χ1v) is 7.83. The van der Waals surface area contributed by atoms with Crippen molar-refractivity contribution in [2.75, 3.05) is 20.0 Å². The van der Waals surface area contributed by atoms with Gasteiger partial charge in [-0.15, -0.1) is 0 Å². The van der Waals surface area contributed by atoms with Crippen LogP contribution in [0.5, 0.6) is 0 Å². The van der Waals surface area contributed by atoms with Crippen LogP contribution >= 0.6 is 0 Å². The van der Waals surface area contributed by atoms with Gasteiger partial charge in [-0.3, -0.25) is 0 Å². The predicted octanol–water partition coefficient (Wildman–Crippen LogP) is 2.67. The highest BCUT2D eigenvalue weighted by Crippen LogP contribution is 2.19. The summed E-state index contributed by atoms with van der Waals surface area (Å²) in [7, 11) is 0. The van der Waals surface area contributed by atoms with Gasteiger partial charge in [-0.25, -0.2) is 9.59 Å². The van der Waals surface area contributed by atoms with Crippen LogP contribution in [0.25, 0.3) is 11.1 Å². The van der Waals surface area contributed by atoms with Crippen molar-refractivity contribution in [2.45, 2.75) is 26.2 Å². The first-order chi connectivity index (χ1) is 12.0. The normalized spacial score (nSPS) is 16.8. The number of H-pyrrole nitrogens is 1. The molecule has 0 radical (unpaired) electrons. The van der Waals surface area contributed by atoms with Crippen LogP contribution in [-0.4, -0.2) is 49.5 Å². The van der Waals surface area contributed by atoms with Crippen molar-refractivity contribution >= 4 is 23.2 Å². The third-order valence-electron chi connectivity index (χ3n) is 3.48.